The standard InChI is InChI=1S/C23H23F6IO2/c24-22(25,26)18-12-15(13-19(14-18)23(27,28)29)7-10-31-21-20(16-4-2-1-3-5-16)17(6-9-30)8-11-32-21/h1-5,12-14,17,20-21H,6-11H2/t17?,20?,21-/m0/s1. The van der Waals surface area contributed by atoms with Crippen molar-refractivity contribution in [3.63, 3.8) is 0 Å². The van der Waals surface area contributed by atoms with E-state index >= 15 is 0 Å². The van der Waals surface area contributed by atoms with Gasteiger partial charge in [0.2, 0.25) is 0 Å². The Morgan fingerprint density at radius 2 is 1.56 bits per heavy atom. The Hall–Kier alpha value is -1.33. The lowest BCUT2D eigenvalue weighted by molar-refractivity contribution is -0.187. The zero-order valence-corrected chi connectivity index (χ0v) is 19.2. The number of hydrogen-bond acceptors (Lipinski definition) is 2. The molecule has 0 aliphatic carbocycles. The van der Waals surface area contributed by atoms with Crippen molar-refractivity contribution in [1.29, 1.82) is 0 Å². The van der Waals surface area contributed by atoms with E-state index in [0.717, 1.165) is 35.0 Å². The quantitative estimate of drug-likeness (QED) is 0.198. The fourth-order valence-electron chi connectivity index (χ4n) is 4.02. The van der Waals surface area contributed by atoms with E-state index in [-0.39, 0.29) is 30.6 Å². The van der Waals surface area contributed by atoms with Gasteiger partial charge in [-0.25, -0.2) is 0 Å². The Bertz CT molecular complexity index is 835. The Balaban J connectivity index is 1.75. The van der Waals surface area contributed by atoms with Crippen molar-refractivity contribution in [2.24, 2.45) is 5.92 Å². The van der Waals surface area contributed by atoms with Crippen LogP contribution >= 0.6 is 22.6 Å². The zero-order valence-electron chi connectivity index (χ0n) is 17.1. The van der Waals surface area contributed by atoms with Crippen LogP contribution in [0.4, 0.5) is 26.3 Å². The molecule has 1 heterocycles. The molecule has 2 aromatic rings. The summed E-state index contributed by atoms with van der Waals surface area (Å²) >= 11 is 2.32. The fraction of sp³-hybridized carbons (Fsp3) is 0.478. The molecule has 3 rings (SSSR count). The van der Waals surface area contributed by atoms with E-state index in [1.807, 2.05) is 30.3 Å². The summed E-state index contributed by atoms with van der Waals surface area (Å²) in [6.07, 6.45) is -8.60. The molecule has 0 N–H and O–H groups in total. The molecule has 0 spiro atoms. The lowest BCUT2D eigenvalue weighted by Gasteiger charge is -2.38. The molecule has 1 saturated heterocycles. The van der Waals surface area contributed by atoms with Crippen molar-refractivity contribution < 1.29 is 35.8 Å². The van der Waals surface area contributed by atoms with Crippen LogP contribution in [0.5, 0.6) is 0 Å². The highest BCUT2D eigenvalue weighted by Gasteiger charge is 2.38. The van der Waals surface area contributed by atoms with Crippen LogP contribution in [0.1, 0.15) is 41.0 Å². The minimum absolute atomic E-state index is 0.0491. The highest BCUT2D eigenvalue weighted by molar-refractivity contribution is 14.1. The molecule has 0 radical (unpaired) electrons. The third-order valence-corrected chi connectivity index (χ3v) is 6.18. The number of ether oxygens (including phenoxy) is 2. The molecule has 2 unspecified atom stereocenters. The predicted octanol–water partition coefficient (Wildman–Crippen LogP) is 7.25. The summed E-state index contributed by atoms with van der Waals surface area (Å²) in [5.74, 6) is 0.269. The summed E-state index contributed by atoms with van der Waals surface area (Å²) in [5.41, 5.74) is -1.67. The number of halogens is 7. The lowest BCUT2D eigenvalue weighted by atomic mass is 9.80. The van der Waals surface area contributed by atoms with Gasteiger partial charge in [0.15, 0.2) is 6.29 Å². The molecule has 9 heteroatoms. The molecule has 32 heavy (non-hydrogen) atoms. The van der Waals surface area contributed by atoms with E-state index in [2.05, 4.69) is 22.6 Å². The van der Waals surface area contributed by atoms with Gasteiger partial charge in [-0.15, -0.1) is 0 Å². The topological polar surface area (TPSA) is 18.5 Å². The normalized spacial score (nSPS) is 22.2. The van der Waals surface area contributed by atoms with Gasteiger partial charge in [-0.05, 0) is 58.9 Å². The van der Waals surface area contributed by atoms with E-state index in [4.69, 9.17) is 9.47 Å². The van der Waals surface area contributed by atoms with Crippen LogP contribution in [0, 0.1) is 5.92 Å². The van der Waals surface area contributed by atoms with Crippen molar-refractivity contribution in [2.75, 3.05) is 17.6 Å². The van der Waals surface area contributed by atoms with Crippen LogP contribution in [0.2, 0.25) is 0 Å². The van der Waals surface area contributed by atoms with Gasteiger partial charge in [-0.1, -0.05) is 52.9 Å². The molecular weight excluding hydrogens is 549 g/mol. The molecule has 2 aromatic carbocycles. The van der Waals surface area contributed by atoms with Gasteiger partial charge in [0.25, 0.3) is 0 Å². The van der Waals surface area contributed by atoms with Crippen molar-refractivity contribution in [2.45, 2.75) is 43.8 Å². The van der Waals surface area contributed by atoms with Crippen LogP contribution in [-0.2, 0) is 28.2 Å². The van der Waals surface area contributed by atoms with Crippen LogP contribution in [0.15, 0.2) is 48.5 Å². The monoisotopic (exact) mass is 572 g/mol. The number of benzene rings is 2. The summed E-state index contributed by atoms with van der Waals surface area (Å²) in [5, 5.41) is 0. The molecule has 3 atom stereocenters. The van der Waals surface area contributed by atoms with Gasteiger partial charge in [0.05, 0.1) is 24.3 Å². The second-order valence-corrected chi connectivity index (χ2v) is 8.82. The minimum Gasteiger partial charge on any atom is -0.352 e. The summed E-state index contributed by atoms with van der Waals surface area (Å²) in [6, 6.07) is 11.3. The molecular formula is C23H23F6IO2. The van der Waals surface area contributed by atoms with Crippen molar-refractivity contribution in [3.05, 3.63) is 70.8 Å². The maximum absolute atomic E-state index is 13.1. The van der Waals surface area contributed by atoms with Gasteiger partial charge < -0.3 is 9.47 Å². The van der Waals surface area contributed by atoms with Gasteiger partial charge >= 0.3 is 12.4 Å². The number of alkyl halides is 7. The zero-order chi connectivity index (χ0) is 23.4. The Kier molecular flexibility index (Phi) is 8.48. The minimum atomic E-state index is -4.87. The van der Waals surface area contributed by atoms with Crippen LogP contribution in [-0.4, -0.2) is 23.9 Å². The Labute approximate surface area is 196 Å². The highest BCUT2D eigenvalue weighted by Crippen LogP contribution is 2.39. The predicted molar refractivity (Wildman–Crippen MR) is 117 cm³/mol. The van der Waals surface area contributed by atoms with Gasteiger partial charge in [0.1, 0.15) is 0 Å². The van der Waals surface area contributed by atoms with E-state index in [0.29, 0.717) is 12.5 Å². The van der Waals surface area contributed by atoms with Gasteiger partial charge in [-0.3, -0.25) is 0 Å². The third-order valence-electron chi connectivity index (χ3n) is 5.56. The molecule has 2 nitrogen and oxygen atoms in total. The second-order valence-electron chi connectivity index (χ2n) is 7.74. The molecule has 0 saturated carbocycles. The first-order chi connectivity index (χ1) is 15.1. The maximum atomic E-state index is 13.1. The third kappa shape index (κ3) is 6.60. The molecule has 0 amide bonds. The molecule has 0 bridgehead atoms. The van der Waals surface area contributed by atoms with Crippen LogP contribution in [0.3, 0.4) is 0 Å². The highest BCUT2D eigenvalue weighted by atomic mass is 127. The van der Waals surface area contributed by atoms with Gasteiger partial charge in [0, 0.05) is 5.92 Å². The largest absolute Gasteiger partial charge is 0.416 e. The number of rotatable bonds is 7. The van der Waals surface area contributed by atoms with Gasteiger partial charge in [-0.2, -0.15) is 26.3 Å². The molecule has 1 aliphatic heterocycles. The number of hydrogen-bond donors (Lipinski definition) is 0. The summed E-state index contributed by atoms with van der Waals surface area (Å²) in [6.45, 7) is 0.445. The maximum Gasteiger partial charge on any atom is 0.416 e. The fourth-order valence-corrected chi connectivity index (χ4v) is 4.82. The smallest absolute Gasteiger partial charge is 0.352 e. The summed E-state index contributed by atoms with van der Waals surface area (Å²) in [4.78, 5) is 0. The average molecular weight is 572 g/mol. The van der Waals surface area contributed by atoms with Crippen molar-refractivity contribution in [3.8, 4) is 0 Å². The second kappa shape index (κ2) is 10.7. The van der Waals surface area contributed by atoms with Crippen LogP contribution < -0.4 is 0 Å². The Morgan fingerprint density at radius 1 is 0.938 bits per heavy atom. The Morgan fingerprint density at radius 3 is 2.12 bits per heavy atom. The summed E-state index contributed by atoms with van der Waals surface area (Å²) < 4.78 is 91.2. The van der Waals surface area contributed by atoms with E-state index < -0.39 is 29.8 Å². The van der Waals surface area contributed by atoms with E-state index in [9.17, 15) is 26.3 Å². The average Bonchev–Trinajstić information content (AvgIpc) is 2.73. The summed E-state index contributed by atoms with van der Waals surface area (Å²) in [7, 11) is 0. The van der Waals surface area contributed by atoms with Crippen LogP contribution in [0.25, 0.3) is 0 Å². The first kappa shape index (κ1) is 25.3. The van der Waals surface area contributed by atoms with Crippen molar-refractivity contribution >= 4 is 22.6 Å². The first-order valence-electron chi connectivity index (χ1n) is 10.2. The van der Waals surface area contributed by atoms with Crippen molar-refractivity contribution in [1.82, 2.24) is 0 Å². The van der Waals surface area contributed by atoms with E-state index in [1.54, 1.807) is 0 Å². The first-order valence-corrected chi connectivity index (χ1v) is 11.7. The molecule has 176 valence electrons. The SMILES string of the molecule is FC(F)(F)c1cc(CCO[C@H]2OCCC(CCI)C2c2ccccc2)cc(C(F)(F)F)c1. The lowest BCUT2D eigenvalue weighted by Crippen LogP contribution is -2.37. The molecule has 1 fully saturated rings. The molecule has 1 aliphatic rings. The van der Waals surface area contributed by atoms with E-state index in [1.165, 1.54) is 0 Å². The molecule has 0 aromatic heterocycles.